The molecule has 2 aromatic rings. The normalized spacial score (nSPS) is 10.5. The first-order valence-corrected chi connectivity index (χ1v) is 6.65. The lowest BCUT2D eigenvalue weighted by Crippen LogP contribution is -1.90. The van der Waals surface area contributed by atoms with Crippen LogP contribution in [0, 0.1) is 5.82 Å². The van der Waals surface area contributed by atoms with Gasteiger partial charge >= 0.3 is 0 Å². The zero-order valence-corrected chi connectivity index (χ0v) is 11.0. The number of methoxy groups -OCH3 is 1. The van der Waals surface area contributed by atoms with Crippen LogP contribution in [-0.2, 0) is 6.42 Å². The number of rotatable bonds is 4. The van der Waals surface area contributed by atoms with Crippen LogP contribution >= 0.6 is 24.0 Å². The van der Waals surface area contributed by atoms with Crippen molar-refractivity contribution < 1.29 is 9.13 Å². The van der Waals surface area contributed by atoms with Gasteiger partial charge in [-0.2, -0.15) is 12.6 Å². The Morgan fingerprint density at radius 2 is 2.29 bits per heavy atom. The second kappa shape index (κ2) is 5.51. The number of nitrogens with zero attached hydrogens (tertiary/aromatic N) is 1. The van der Waals surface area contributed by atoms with Gasteiger partial charge in [0.25, 0.3) is 0 Å². The molecule has 2 rings (SSSR count). The Labute approximate surface area is 109 Å². The van der Waals surface area contributed by atoms with Gasteiger partial charge in [0.05, 0.1) is 17.8 Å². The first-order chi connectivity index (χ1) is 8.24. The van der Waals surface area contributed by atoms with E-state index in [4.69, 9.17) is 4.74 Å². The summed E-state index contributed by atoms with van der Waals surface area (Å²) in [6.45, 7) is 0. The van der Waals surface area contributed by atoms with E-state index in [-0.39, 0.29) is 5.82 Å². The van der Waals surface area contributed by atoms with E-state index < -0.39 is 0 Å². The Morgan fingerprint density at radius 3 is 3.00 bits per heavy atom. The Morgan fingerprint density at radius 1 is 1.47 bits per heavy atom. The van der Waals surface area contributed by atoms with Crippen LogP contribution in [0.5, 0.6) is 5.75 Å². The van der Waals surface area contributed by atoms with Gasteiger partial charge in [-0.05, 0) is 24.0 Å². The van der Waals surface area contributed by atoms with Gasteiger partial charge in [-0.3, -0.25) is 0 Å². The van der Waals surface area contributed by atoms with Crippen LogP contribution in [0.1, 0.15) is 5.01 Å². The maximum Gasteiger partial charge on any atom is 0.128 e. The zero-order chi connectivity index (χ0) is 12.3. The molecule has 0 saturated carbocycles. The quantitative estimate of drug-likeness (QED) is 0.859. The highest BCUT2D eigenvalue weighted by Crippen LogP contribution is 2.31. The Hall–Kier alpha value is -1.07. The number of thiol groups is 1. The summed E-state index contributed by atoms with van der Waals surface area (Å²) in [4.78, 5) is 4.44. The summed E-state index contributed by atoms with van der Waals surface area (Å²) < 4.78 is 18.4. The van der Waals surface area contributed by atoms with Crippen molar-refractivity contribution in [2.24, 2.45) is 0 Å². The zero-order valence-electron chi connectivity index (χ0n) is 9.31. The molecular weight excluding hydrogens is 257 g/mol. The highest BCUT2D eigenvalue weighted by Gasteiger charge is 2.10. The van der Waals surface area contributed by atoms with Gasteiger partial charge in [-0.25, -0.2) is 9.37 Å². The van der Waals surface area contributed by atoms with Crippen molar-refractivity contribution >= 4 is 24.0 Å². The number of benzene rings is 1. The maximum absolute atomic E-state index is 13.2. The van der Waals surface area contributed by atoms with Crippen LogP contribution in [-0.4, -0.2) is 17.8 Å². The minimum Gasteiger partial charge on any atom is -0.496 e. The smallest absolute Gasteiger partial charge is 0.128 e. The Balaban J connectivity index is 2.40. The van der Waals surface area contributed by atoms with E-state index in [1.54, 1.807) is 24.5 Å². The number of hydrogen-bond donors (Lipinski definition) is 1. The van der Waals surface area contributed by atoms with Crippen molar-refractivity contribution in [2.75, 3.05) is 12.9 Å². The van der Waals surface area contributed by atoms with Crippen molar-refractivity contribution in [2.45, 2.75) is 6.42 Å². The van der Waals surface area contributed by atoms with Crippen LogP contribution in [0.4, 0.5) is 4.39 Å². The maximum atomic E-state index is 13.2. The molecule has 2 nitrogen and oxygen atoms in total. The van der Waals surface area contributed by atoms with Gasteiger partial charge in [0, 0.05) is 17.4 Å². The summed E-state index contributed by atoms with van der Waals surface area (Å²) in [6.07, 6.45) is 0.825. The summed E-state index contributed by atoms with van der Waals surface area (Å²) in [6, 6.07) is 4.43. The third-order valence-electron chi connectivity index (χ3n) is 2.31. The fourth-order valence-electron chi connectivity index (χ4n) is 1.53. The monoisotopic (exact) mass is 269 g/mol. The molecule has 1 heterocycles. The summed E-state index contributed by atoms with van der Waals surface area (Å²) >= 11 is 5.72. The topological polar surface area (TPSA) is 22.1 Å². The molecule has 0 aliphatic heterocycles. The molecule has 0 radical (unpaired) electrons. The molecule has 0 amide bonds. The average Bonchev–Trinajstić information content (AvgIpc) is 2.78. The summed E-state index contributed by atoms with van der Waals surface area (Å²) in [5.41, 5.74) is 1.44. The molecule has 0 atom stereocenters. The lowest BCUT2D eigenvalue weighted by Gasteiger charge is -2.05. The van der Waals surface area contributed by atoms with Crippen molar-refractivity contribution in [1.29, 1.82) is 0 Å². The Kier molecular flexibility index (Phi) is 4.02. The lowest BCUT2D eigenvalue weighted by molar-refractivity contribution is 0.415. The van der Waals surface area contributed by atoms with Gasteiger partial charge in [0.15, 0.2) is 0 Å². The van der Waals surface area contributed by atoms with Crippen LogP contribution in [0.25, 0.3) is 11.3 Å². The van der Waals surface area contributed by atoms with E-state index in [0.717, 1.165) is 22.9 Å². The molecule has 0 aliphatic carbocycles. The minimum absolute atomic E-state index is 0.287. The molecule has 0 aliphatic rings. The summed E-state index contributed by atoms with van der Waals surface area (Å²) in [5.74, 6) is 1.10. The number of ether oxygens (including phenoxy) is 1. The molecule has 0 bridgehead atoms. The van der Waals surface area contributed by atoms with Crippen LogP contribution in [0.15, 0.2) is 23.6 Å². The molecule has 1 aromatic heterocycles. The third kappa shape index (κ3) is 2.79. The molecule has 1 aromatic carbocycles. The van der Waals surface area contributed by atoms with E-state index in [9.17, 15) is 4.39 Å². The third-order valence-corrected chi connectivity index (χ3v) is 3.45. The van der Waals surface area contributed by atoms with E-state index >= 15 is 0 Å². The molecule has 0 N–H and O–H groups in total. The molecular formula is C12H12FNOS2. The van der Waals surface area contributed by atoms with E-state index in [2.05, 4.69) is 17.6 Å². The molecule has 0 unspecified atom stereocenters. The highest BCUT2D eigenvalue weighted by molar-refractivity contribution is 7.80. The number of halogens is 1. The Bertz CT molecular complexity index is 513. The van der Waals surface area contributed by atoms with Crippen molar-refractivity contribution in [3.63, 3.8) is 0 Å². The number of hydrogen-bond acceptors (Lipinski definition) is 4. The molecule has 90 valence electrons. The fraction of sp³-hybridized carbons (Fsp3) is 0.250. The largest absolute Gasteiger partial charge is 0.496 e. The molecule has 5 heteroatoms. The van der Waals surface area contributed by atoms with E-state index in [1.807, 2.05) is 5.38 Å². The van der Waals surface area contributed by atoms with Crippen molar-refractivity contribution in [3.8, 4) is 17.0 Å². The van der Waals surface area contributed by atoms with Gasteiger partial charge < -0.3 is 4.74 Å². The van der Waals surface area contributed by atoms with Crippen molar-refractivity contribution in [1.82, 2.24) is 4.98 Å². The summed E-state index contributed by atoms with van der Waals surface area (Å²) in [5, 5.41) is 2.91. The first-order valence-electron chi connectivity index (χ1n) is 5.13. The number of aryl methyl sites for hydroxylation is 1. The average molecular weight is 269 g/mol. The minimum atomic E-state index is -0.287. The van der Waals surface area contributed by atoms with E-state index in [1.165, 1.54) is 12.1 Å². The standard InChI is InChI=1S/C12H12FNOS2/c1-15-11-3-2-8(13)6-9(11)10-7-17-12(14-10)4-5-16/h2-3,6-7,16H,4-5H2,1H3. The second-order valence-electron chi connectivity index (χ2n) is 3.44. The summed E-state index contributed by atoms with van der Waals surface area (Å²) in [7, 11) is 1.57. The lowest BCUT2D eigenvalue weighted by atomic mass is 10.1. The molecule has 0 saturated heterocycles. The predicted octanol–water partition coefficient (Wildman–Crippen LogP) is 3.43. The predicted molar refractivity (Wildman–Crippen MR) is 71.6 cm³/mol. The van der Waals surface area contributed by atoms with Gasteiger partial charge in [-0.1, -0.05) is 0 Å². The molecule has 17 heavy (non-hydrogen) atoms. The van der Waals surface area contributed by atoms with Crippen LogP contribution in [0.3, 0.4) is 0 Å². The van der Waals surface area contributed by atoms with Gasteiger partial charge in [-0.15, -0.1) is 11.3 Å². The number of thiazole rings is 1. The SMILES string of the molecule is COc1ccc(F)cc1-c1csc(CCS)n1. The first kappa shape index (κ1) is 12.4. The highest BCUT2D eigenvalue weighted by atomic mass is 32.1. The molecule has 0 fully saturated rings. The van der Waals surface area contributed by atoms with Crippen LogP contribution in [0.2, 0.25) is 0 Å². The van der Waals surface area contributed by atoms with E-state index in [0.29, 0.717) is 11.3 Å². The second-order valence-corrected chi connectivity index (χ2v) is 4.83. The number of aromatic nitrogens is 1. The van der Waals surface area contributed by atoms with Gasteiger partial charge in [0.2, 0.25) is 0 Å². The van der Waals surface area contributed by atoms with Crippen LogP contribution < -0.4 is 4.74 Å². The molecule has 0 spiro atoms. The van der Waals surface area contributed by atoms with Gasteiger partial charge in [0.1, 0.15) is 11.6 Å². The fourth-order valence-corrected chi connectivity index (χ4v) is 2.69. The van der Waals surface area contributed by atoms with Crippen molar-refractivity contribution in [3.05, 3.63) is 34.4 Å².